The van der Waals surface area contributed by atoms with Gasteiger partial charge in [0.15, 0.2) is 5.82 Å². The first-order chi connectivity index (χ1) is 18.5. The largest absolute Gasteiger partial charge is 3.00 e. The Morgan fingerprint density at radius 1 is 0.949 bits per heavy atom. The van der Waals surface area contributed by atoms with Gasteiger partial charge >= 0.3 is 27.7 Å². The van der Waals surface area contributed by atoms with Gasteiger partial charge in [-0.05, 0) is 29.6 Å². The molecular weight excluding hydrogens is 544 g/mol. The van der Waals surface area contributed by atoms with Crippen molar-refractivity contribution in [2.24, 2.45) is 5.92 Å². The third-order valence-corrected chi connectivity index (χ3v) is 4.96. The number of hydrogen-bond donors (Lipinski definition) is 1. The van der Waals surface area contributed by atoms with E-state index in [1.807, 2.05) is 54.6 Å². The standard InChI is InChI=1S/C15H16ClN2O.C7H6O2.2C5H5.Ti/c1-11(2)8-9-19-14-10-13(16)17-15(18-14)12-6-4-3-5-7-12;8-7(9)6-4-2-1-3-5-6;2*1-2-4-5-3-1;/h3-7,11H,8-9H2,1-2H3;1-5H,(H,8,9);2*1-3H,4H2;/q-1;;2*-1;+3. The molecule has 39 heavy (non-hydrogen) atoms. The van der Waals surface area contributed by atoms with E-state index < -0.39 is 5.97 Å². The summed E-state index contributed by atoms with van der Waals surface area (Å²) in [5, 5.41) is 8.66. The predicted octanol–water partition coefficient (Wildman–Crippen LogP) is 8.02. The van der Waals surface area contributed by atoms with Crippen molar-refractivity contribution in [3.8, 4) is 17.3 Å². The van der Waals surface area contributed by atoms with Gasteiger partial charge in [0.25, 0.3) is 0 Å². The molecule has 0 saturated heterocycles. The summed E-state index contributed by atoms with van der Waals surface area (Å²) in [5.41, 5.74) is 1.24. The molecule has 3 aromatic rings. The van der Waals surface area contributed by atoms with Crippen molar-refractivity contribution >= 4 is 17.6 Å². The van der Waals surface area contributed by atoms with Gasteiger partial charge in [-0.1, -0.05) is 62.4 Å². The molecule has 199 valence electrons. The molecule has 0 spiro atoms. The summed E-state index contributed by atoms with van der Waals surface area (Å²) in [6.45, 7) is 4.90. The average molecular weight is 576 g/mol. The van der Waals surface area contributed by atoms with Gasteiger partial charge in [-0.2, -0.15) is 12.2 Å². The van der Waals surface area contributed by atoms with Gasteiger partial charge < -0.3 is 15.9 Å². The number of allylic oxidation sites excluding steroid dienone is 8. The minimum Gasteiger partial charge on any atom is -0.512 e. The summed E-state index contributed by atoms with van der Waals surface area (Å²) in [7, 11) is 0. The second-order valence-electron chi connectivity index (χ2n) is 8.34. The molecule has 1 heterocycles. The van der Waals surface area contributed by atoms with E-state index in [1.165, 1.54) is 0 Å². The van der Waals surface area contributed by atoms with Crippen LogP contribution in [0.3, 0.4) is 0 Å². The van der Waals surface area contributed by atoms with E-state index in [4.69, 9.17) is 21.4 Å². The molecular formula is C32H32ClN2O3Ti. The zero-order valence-electron chi connectivity index (χ0n) is 22.2. The van der Waals surface area contributed by atoms with Gasteiger partial charge in [0.05, 0.1) is 12.2 Å². The van der Waals surface area contributed by atoms with E-state index in [1.54, 1.807) is 30.3 Å². The van der Waals surface area contributed by atoms with Crippen molar-refractivity contribution in [2.45, 2.75) is 33.1 Å². The molecule has 1 N–H and O–H groups in total. The maximum atomic E-state index is 10.2. The molecule has 2 aliphatic rings. The van der Waals surface area contributed by atoms with Gasteiger partial charge in [0, 0.05) is 11.4 Å². The van der Waals surface area contributed by atoms with Crippen LogP contribution in [0.1, 0.15) is 43.5 Å². The number of halogens is 1. The number of nitrogens with zero attached hydrogens (tertiary/aromatic N) is 2. The fourth-order valence-electron chi connectivity index (χ4n) is 2.80. The molecule has 1 radical (unpaired) electrons. The van der Waals surface area contributed by atoms with Gasteiger partial charge in [-0.15, -0.1) is 24.4 Å². The number of carbonyl (C=O) groups is 1. The summed E-state index contributed by atoms with van der Waals surface area (Å²) in [6, 6.07) is 20.8. The van der Waals surface area contributed by atoms with Crippen molar-refractivity contribution < 1.29 is 36.4 Å². The quantitative estimate of drug-likeness (QED) is 0.183. The van der Waals surface area contributed by atoms with Crippen molar-refractivity contribution in [2.75, 3.05) is 6.61 Å². The maximum absolute atomic E-state index is 10.2. The van der Waals surface area contributed by atoms with Gasteiger partial charge in [-0.25, -0.2) is 34.1 Å². The first-order valence-electron chi connectivity index (χ1n) is 12.3. The Balaban J connectivity index is 0.000000311. The molecule has 7 heteroatoms. The Morgan fingerprint density at radius 3 is 1.92 bits per heavy atom. The fraction of sp³-hybridized carbons (Fsp3) is 0.219. The molecule has 0 aliphatic heterocycles. The van der Waals surface area contributed by atoms with Crippen molar-refractivity contribution in [1.82, 2.24) is 9.97 Å². The Kier molecular flexibility index (Phi) is 17.9. The van der Waals surface area contributed by atoms with Gasteiger partial charge in [0.1, 0.15) is 0 Å². The third kappa shape index (κ3) is 15.7. The van der Waals surface area contributed by atoms with Crippen molar-refractivity contribution in [3.63, 3.8) is 0 Å². The van der Waals surface area contributed by atoms with Crippen LogP contribution >= 0.6 is 11.6 Å². The van der Waals surface area contributed by atoms with Crippen LogP contribution < -0.4 is 4.74 Å². The Labute approximate surface area is 251 Å². The van der Waals surface area contributed by atoms with Crippen LogP contribution in [-0.2, 0) is 21.7 Å². The summed E-state index contributed by atoms with van der Waals surface area (Å²) in [5.74, 6) is 0.671. The van der Waals surface area contributed by atoms with Crippen molar-refractivity contribution in [3.05, 3.63) is 126 Å². The minimum absolute atomic E-state index is 0. The van der Waals surface area contributed by atoms with Crippen LogP contribution in [0.25, 0.3) is 11.4 Å². The molecule has 2 aromatic carbocycles. The Hall–Kier alpha value is -3.25. The number of hydrogen-bond acceptors (Lipinski definition) is 4. The molecule has 0 bridgehead atoms. The molecule has 2 aliphatic carbocycles. The molecule has 0 fully saturated rings. The Bertz CT molecular complexity index is 1170. The number of ether oxygens (including phenoxy) is 1. The number of benzene rings is 2. The van der Waals surface area contributed by atoms with Crippen LogP contribution in [0.5, 0.6) is 5.88 Å². The molecule has 5 nitrogen and oxygen atoms in total. The summed E-state index contributed by atoms with van der Waals surface area (Å²) in [6.07, 6.45) is 21.0. The van der Waals surface area contributed by atoms with Crippen LogP contribution in [0.15, 0.2) is 97.1 Å². The number of carboxylic acids is 1. The number of rotatable bonds is 6. The number of carboxylic acid groups (broad SMARTS) is 1. The SMILES string of the molecule is CC(C)CCOc1[c-]c(Cl)nc(-c2ccccc2)n1.O=C(O)c1ccccc1.[C-]1=CC=CC1.[C-]1=CC=CC1.[Ti+3]. The fourth-order valence-corrected chi connectivity index (χ4v) is 2.96. The summed E-state index contributed by atoms with van der Waals surface area (Å²) >= 11 is 5.95. The molecule has 0 amide bonds. The smallest absolute Gasteiger partial charge is 0.512 e. The molecule has 0 unspecified atom stereocenters. The predicted molar refractivity (Wildman–Crippen MR) is 153 cm³/mol. The van der Waals surface area contributed by atoms with E-state index >= 15 is 0 Å². The molecule has 1 aromatic heterocycles. The summed E-state index contributed by atoms with van der Waals surface area (Å²) < 4.78 is 5.57. The van der Waals surface area contributed by atoms with Crippen LogP contribution in [-0.4, -0.2) is 27.7 Å². The first kappa shape index (κ1) is 33.8. The molecule has 0 atom stereocenters. The van der Waals surface area contributed by atoms with Crippen LogP contribution in [0.2, 0.25) is 5.15 Å². The topological polar surface area (TPSA) is 72.3 Å². The maximum Gasteiger partial charge on any atom is 3.00 e. The normalized spacial score (nSPS) is 11.8. The van der Waals surface area contributed by atoms with E-state index in [9.17, 15) is 4.79 Å². The van der Waals surface area contributed by atoms with Gasteiger partial charge in [-0.3, -0.25) is 17.1 Å². The minimum atomic E-state index is -0.879. The molecule has 0 saturated carbocycles. The zero-order chi connectivity index (χ0) is 27.4. The van der Waals surface area contributed by atoms with E-state index in [-0.39, 0.29) is 26.9 Å². The van der Waals surface area contributed by atoms with Crippen LogP contribution in [0.4, 0.5) is 0 Å². The third-order valence-electron chi connectivity index (χ3n) is 4.78. The summed E-state index contributed by atoms with van der Waals surface area (Å²) in [4.78, 5) is 18.7. The number of aromatic nitrogens is 2. The Morgan fingerprint density at radius 2 is 1.51 bits per heavy atom. The van der Waals surface area contributed by atoms with Crippen LogP contribution in [0, 0.1) is 24.1 Å². The van der Waals surface area contributed by atoms with E-state index in [0.717, 1.165) is 24.8 Å². The zero-order valence-corrected chi connectivity index (χ0v) is 24.5. The number of aromatic carboxylic acids is 1. The van der Waals surface area contributed by atoms with Gasteiger partial charge in [0.2, 0.25) is 0 Å². The molecule has 5 rings (SSSR count). The van der Waals surface area contributed by atoms with Crippen molar-refractivity contribution in [1.29, 1.82) is 0 Å². The second kappa shape index (κ2) is 20.7. The van der Waals surface area contributed by atoms with E-state index in [2.05, 4.69) is 54.2 Å². The first-order valence-corrected chi connectivity index (χ1v) is 12.7. The monoisotopic (exact) mass is 575 g/mol. The average Bonchev–Trinajstić information content (AvgIpc) is 3.70. The second-order valence-corrected chi connectivity index (χ2v) is 8.70. The van der Waals surface area contributed by atoms with E-state index in [0.29, 0.717) is 29.8 Å².